The van der Waals surface area contributed by atoms with Gasteiger partial charge in [0.25, 0.3) is 0 Å². The summed E-state index contributed by atoms with van der Waals surface area (Å²) in [5.74, 6) is -1.77. The maximum atomic E-state index is 13.1. The number of carbonyl (C=O) groups excluding carboxylic acids is 3. The highest BCUT2D eigenvalue weighted by Crippen LogP contribution is 2.38. The Labute approximate surface area is 222 Å². The van der Waals surface area contributed by atoms with E-state index >= 15 is 0 Å². The summed E-state index contributed by atoms with van der Waals surface area (Å²) in [7, 11) is 1.48. The number of Topliss-reactive ketones (excluding diaryl/α,β-unsaturated/α-hetero) is 3. The van der Waals surface area contributed by atoms with Gasteiger partial charge in [0.1, 0.15) is 17.3 Å². The lowest BCUT2D eigenvalue weighted by Gasteiger charge is -2.31. The highest BCUT2D eigenvalue weighted by molar-refractivity contribution is 6.02. The lowest BCUT2D eigenvalue weighted by molar-refractivity contribution is -0.131. The van der Waals surface area contributed by atoms with Crippen molar-refractivity contribution in [2.75, 3.05) is 20.3 Å². The molecule has 3 unspecified atom stereocenters. The van der Waals surface area contributed by atoms with Crippen molar-refractivity contribution in [2.45, 2.75) is 45.4 Å². The number of phenols is 2. The minimum atomic E-state index is -0.784. The van der Waals surface area contributed by atoms with Crippen LogP contribution in [0.15, 0.2) is 36.4 Å². The van der Waals surface area contributed by atoms with Crippen molar-refractivity contribution in [3.8, 4) is 17.2 Å². The number of phenolic OH excluding ortho intramolecular Hbond substituents is 2. The third kappa shape index (κ3) is 7.08. The summed E-state index contributed by atoms with van der Waals surface area (Å²) < 4.78 is 5.16. The Morgan fingerprint density at radius 1 is 1.11 bits per heavy atom. The molecule has 2 aromatic rings. The minimum Gasteiger partial charge on any atom is -0.507 e. The second-order valence-corrected chi connectivity index (χ2v) is 9.98. The molecule has 38 heavy (non-hydrogen) atoms. The molecule has 0 fully saturated rings. The van der Waals surface area contributed by atoms with Crippen LogP contribution in [0.25, 0.3) is 6.08 Å². The molecule has 204 valence electrons. The van der Waals surface area contributed by atoms with Crippen LogP contribution in [0, 0.1) is 17.8 Å². The van der Waals surface area contributed by atoms with E-state index in [9.17, 15) is 34.8 Å². The van der Waals surface area contributed by atoms with E-state index in [2.05, 4.69) is 0 Å². The number of rotatable bonds is 13. The van der Waals surface area contributed by atoms with E-state index in [1.54, 1.807) is 24.3 Å². The topological polar surface area (TPSA) is 141 Å². The van der Waals surface area contributed by atoms with Crippen molar-refractivity contribution in [2.24, 2.45) is 17.8 Å². The Bertz CT molecular complexity index is 1200. The van der Waals surface area contributed by atoms with E-state index in [1.165, 1.54) is 20.1 Å². The molecule has 0 spiro atoms. The van der Waals surface area contributed by atoms with Gasteiger partial charge in [-0.1, -0.05) is 24.3 Å². The fourth-order valence-corrected chi connectivity index (χ4v) is 5.37. The minimum absolute atomic E-state index is 0.0586. The van der Waals surface area contributed by atoms with Gasteiger partial charge in [-0.3, -0.25) is 14.4 Å². The van der Waals surface area contributed by atoms with Crippen molar-refractivity contribution >= 4 is 23.4 Å². The number of fused-ring (bicyclic) bond motifs is 1. The van der Waals surface area contributed by atoms with E-state index in [4.69, 9.17) is 4.74 Å². The van der Waals surface area contributed by atoms with Crippen molar-refractivity contribution in [3.05, 3.63) is 58.7 Å². The number of aliphatic hydroxyl groups is 2. The standard InChI is InChI=1S/C30H36O8/c1-18(33)12-27(36)24(17-32)22(10-11-31)13-20-14-23-21(7-9-26(35)30(23)28(37)15-20)5-3-4-19-6-8-25(34)29(16-19)38-2/h3,5-9,16,20,22,24,31-32,34-35H,4,10-15,17H2,1-2H3. The maximum absolute atomic E-state index is 13.1. The molecule has 1 aliphatic carbocycles. The number of allylic oxidation sites excluding steroid dienone is 1. The second kappa shape index (κ2) is 13.3. The molecule has 8 nitrogen and oxygen atoms in total. The molecular formula is C30H36O8. The van der Waals surface area contributed by atoms with Gasteiger partial charge in [-0.05, 0) is 79.3 Å². The summed E-state index contributed by atoms with van der Waals surface area (Å²) in [6.07, 6.45) is 5.48. The van der Waals surface area contributed by atoms with Crippen molar-refractivity contribution < 1.29 is 39.5 Å². The molecule has 2 aromatic carbocycles. The van der Waals surface area contributed by atoms with Gasteiger partial charge in [-0.15, -0.1) is 0 Å². The van der Waals surface area contributed by atoms with Gasteiger partial charge in [0.15, 0.2) is 17.3 Å². The molecule has 0 amide bonds. The Kier molecular flexibility index (Phi) is 10.2. The number of methoxy groups -OCH3 is 1. The molecule has 0 radical (unpaired) electrons. The van der Waals surface area contributed by atoms with Crippen LogP contribution in [-0.4, -0.2) is 58.1 Å². The molecule has 4 N–H and O–H groups in total. The molecule has 0 aromatic heterocycles. The van der Waals surface area contributed by atoms with E-state index in [-0.39, 0.29) is 66.6 Å². The average molecular weight is 525 g/mol. The van der Waals surface area contributed by atoms with Crippen molar-refractivity contribution in [1.29, 1.82) is 0 Å². The number of aromatic hydroxyl groups is 2. The van der Waals surface area contributed by atoms with Crippen molar-refractivity contribution in [1.82, 2.24) is 0 Å². The van der Waals surface area contributed by atoms with Gasteiger partial charge in [0.05, 0.1) is 25.7 Å². The summed E-state index contributed by atoms with van der Waals surface area (Å²) in [6, 6.07) is 8.38. The summed E-state index contributed by atoms with van der Waals surface area (Å²) in [4.78, 5) is 37.2. The SMILES string of the molecule is COc1cc(CC=Cc2ccc(O)c3c2CC(CC(CCO)C(CO)C(=O)CC(C)=O)CC3=O)ccc1O. The molecular weight excluding hydrogens is 488 g/mol. The third-order valence-electron chi connectivity index (χ3n) is 7.21. The summed E-state index contributed by atoms with van der Waals surface area (Å²) in [5.41, 5.74) is 2.75. The first-order valence-corrected chi connectivity index (χ1v) is 12.8. The van der Waals surface area contributed by atoms with Gasteiger partial charge in [0, 0.05) is 18.9 Å². The monoisotopic (exact) mass is 524 g/mol. The molecule has 3 rings (SSSR count). The van der Waals surface area contributed by atoms with Crippen LogP contribution in [0.3, 0.4) is 0 Å². The zero-order chi connectivity index (χ0) is 27.8. The Morgan fingerprint density at radius 3 is 2.50 bits per heavy atom. The van der Waals surface area contributed by atoms with Crippen LogP contribution in [0.1, 0.15) is 59.7 Å². The molecule has 0 aliphatic heterocycles. The number of ketones is 3. The zero-order valence-electron chi connectivity index (χ0n) is 21.9. The lowest BCUT2D eigenvalue weighted by atomic mass is 9.73. The van der Waals surface area contributed by atoms with E-state index in [0.717, 1.165) is 16.7 Å². The zero-order valence-corrected chi connectivity index (χ0v) is 21.9. The summed E-state index contributed by atoms with van der Waals surface area (Å²) >= 11 is 0. The predicted molar refractivity (Wildman–Crippen MR) is 142 cm³/mol. The number of aliphatic hydroxyl groups excluding tert-OH is 2. The number of hydrogen-bond acceptors (Lipinski definition) is 8. The van der Waals surface area contributed by atoms with Crippen LogP contribution in [0.4, 0.5) is 0 Å². The molecule has 3 atom stereocenters. The van der Waals surface area contributed by atoms with Gasteiger partial charge in [0.2, 0.25) is 0 Å². The van der Waals surface area contributed by atoms with Crippen LogP contribution in [-0.2, 0) is 22.4 Å². The average Bonchev–Trinajstić information content (AvgIpc) is 2.86. The van der Waals surface area contributed by atoms with E-state index < -0.39 is 12.5 Å². The lowest BCUT2D eigenvalue weighted by Crippen LogP contribution is -2.32. The molecule has 0 bridgehead atoms. The highest BCUT2D eigenvalue weighted by atomic mass is 16.5. The van der Waals surface area contributed by atoms with Gasteiger partial charge in [-0.25, -0.2) is 0 Å². The van der Waals surface area contributed by atoms with E-state index in [1.807, 2.05) is 12.2 Å². The number of carbonyl (C=O) groups is 3. The fraction of sp³-hybridized carbons (Fsp3) is 0.433. The van der Waals surface area contributed by atoms with E-state index in [0.29, 0.717) is 30.6 Å². The first-order chi connectivity index (χ1) is 18.2. The van der Waals surface area contributed by atoms with Gasteiger partial charge in [-0.2, -0.15) is 0 Å². The summed E-state index contributed by atoms with van der Waals surface area (Å²) in [5, 5.41) is 39.8. The Balaban J connectivity index is 1.83. The fourth-order valence-electron chi connectivity index (χ4n) is 5.37. The van der Waals surface area contributed by atoms with Gasteiger partial charge >= 0.3 is 0 Å². The van der Waals surface area contributed by atoms with Gasteiger partial charge < -0.3 is 25.2 Å². The maximum Gasteiger partial charge on any atom is 0.167 e. The number of benzene rings is 2. The molecule has 0 saturated heterocycles. The van der Waals surface area contributed by atoms with Crippen molar-refractivity contribution in [3.63, 3.8) is 0 Å². The van der Waals surface area contributed by atoms with Crippen LogP contribution >= 0.6 is 0 Å². The molecule has 0 saturated carbocycles. The normalized spacial score (nSPS) is 16.7. The molecule has 8 heteroatoms. The van der Waals surface area contributed by atoms with Crippen LogP contribution in [0.5, 0.6) is 17.2 Å². The molecule has 1 aliphatic rings. The quantitative estimate of drug-likeness (QED) is 0.291. The highest BCUT2D eigenvalue weighted by Gasteiger charge is 2.34. The predicted octanol–water partition coefficient (Wildman–Crippen LogP) is 3.65. The smallest absolute Gasteiger partial charge is 0.167 e. The first-order valence-electron chi connectivity index (χ1n) is 12.8. The second-order valence-electron chi connectivity index (χ2n) is 9.98. The first kappa shape index (κ1) is 29.1. The van der Waals surface area contributed by atoms with Crippen LogP contribution in [0.2, 0.25) is 0 Å². The number of ether oxygens (including phenoxy) is 1. The third-order valence-corrected chi connectivity index (χ3v) is 7.21. The number of hydrogen-bond donors (Lipinski definition) is 4. The molecule has 0 heterocycles. The largest absolute Gasteiger partial charge is 0.507 e. The van der Waals surface area contributed by atoms with Crippen LogP contribution < -0.4 is 4.74 Å². The Morgan fingerprint density at radius 2 is 1.84 bits per heavy atom. The summed E-state index contributed by atoms with van der Waals surface area (Å²) in [6.45, 7) is 0.719. The Hall–Kier alpha value is -3.49.